The number of nitrogens with zero attached hydrogens (tertiary/aromatic N) is 3. The van der Waals surface area contributed by atoms with Crippen LogP contribution in [0.4, 0.5) is 0 Å². The molecule has 0 spiro atoms. The van der Waals surface area contributed by atoms with Crippen molar-refractivity contribution in [2.24, 2.45) is 11.1 Å². The van der Waals surface area contributed by atoms with Gasteiger partial charge in [-0.2, -0.15) is 10.4 Å². The van der Waals surface area contributed by atoms with Crippen LogP contribution in [0.1, 0.15) is 29.6 Å². The summed E-state index contributed by atoms with van der Waals surface area (Å²) in [6.07, 6.45) is 5.78. The van der Waals surface area contributed by atoms with E-state index in [-0.39, 0.29) is 5.41 Å². The normalized spacial score (nSPS) is 17.0. The molecular weight excluding hydrogens is 192 g/mol. The van der Waals surface area contributed by atoms with Crippen LogP contribution in [-0.2, 0) is 6.54 Å². The van der Waals surface area contributed by atoms with Crippen molar-refractivity contribution in [1.29, 1.82) is 5.26 Å². The van der Waals surface area contributed by atoms with E-state index in [1.807, 2.05) is 0 Å². The molecule has 5 heteroatoms. The average Bonchev–Trinajstić information content (AvgIpc) is 2.77. The van der Waals surface area contributed by atoms with Crippen LogP contribution in [0.3, 0.4) is 0 Å². The fourth-order valence-electron chi connectivity index (χ4n) is 1.66. The molecule has 0 radical (unpaired) electrons. The number of rotatable bonds is 4. The summed E-state index contributed by atoms with van der Waals surface area (Å²) in [6.45, 7) is 0.702. The van der Waals surface area contributed by atoms with E-state index in [9.17, 15) is 4.79 Å². The van der Waals surface area contributed by atoms with Gasteiger partial charge in [0.15, 0.2) is 0 Å². The third-order valence-corrected chi connectivity index (χ3v) is 2.83. The van der Waals surface area contributed by atoms with E-state index < -0.39 is 5.91 Å². The average molecular weight is 204 g/mol. The minimum Gasteiger partial charge on any atom is -0.366 e. The smallest absolute Gasteiger partial charge is 0.251 e. The number of nitrogens with two attached hydrogens (primary N) is 1. The van der Waals surface area contributed by atoms with Crippen LogP contribution in [0.25, 0.3) is 0 Å². The van der Waals surface area contributed by atoms with E-state index in [0.717, 1.165) is 12.8 Å². The molecule has 0 aromatic carbocycles. The lowest BCUT2D eigenvalue weighted by molar-refractivity contribution is 0.1000. The standard InChI is InChI=1S/C10H12N4O/c11-4-3-10(1-2-10)7-14-6-8(5-13-14)9(12)15/h5-6H,1-3,7H2,(H2,12,15). The van der Waals surface area contributed by atoms with Crippen molar-refractivity contribution in [2.75, 3.05) is 0 Å². The maximum Gasteiger partial charge on any atom is 0.251 e. The molecule has 0 saturated heterocycles. The molecule has 0 unspecified atom stereocenters. The molecule has 1 aromatic heterocycles. The SMILES string of the molecule is N#CCC1(Cn2cc(C(N)=O)cn2)CC1. The largest absolute Gasteiger partial charge is 0.366 e. The van der Waals surface area contributed by atoms with Crippen LogP contribution in [0.15, 0.2) is 12.4 Å². The van der Waals surface area contributed by atoms with E-state index in [0.29, 0.717) is 18.5 Å². The summed E-state index contributed by atoms with van der Waals surface area (Å²) in [4.78, 5) is 10.8. The van der Waals surface area contributed by atoms with Gasteiger partial charge in [-0.25, -0.2) is 0 Å². The second-order valence-corrected chi connectivity index (χ2v) is 4.13. The fourth-order valence-corrected chi connectivity index (χ4v) is 1.66. The molecule has 78 valence electrons. The zero-order chi connectivity index (χ0) is 10.9. The number of nitriles is 1. The van der Waals surface area contributed by atoms with E-state index in [1.54, 1.807) is 10.9 Å². The Morgan fingerprint density at radius 3 is 2.93 bits per heavy atom. The van der Waals surface area contributed by atoms with Gasteiger partial charge in [0.1, 0.15) is 0 Å². The molecule has 0 aliphatic heterocycles. The molecule has 1 aliphatic carbocycles. The van der Waals surface area contributed by atoms with Crippen molar-refractivity contribution in [2.45, 2.75) is 25.8 Å². The molecule has 0 atom stereocenters. The summed E-state index contributed by atoms with van der Waals surface area (Å²) in [7, 11) is 0. The highest BCUT2D eigenvalue weighted by atomic mass is 16.1. The van der Waals surface area contributed by atoms with Crippen LogP contribution < -0.4 is 5.73 Å². The zero-order valence-electron chi connectivity index (χ0n) is 8.31. The summed E-state index contributed by atoms with van der Waals surface area (Å²) in [5.74, 6) is -0.466. The van der Waals surface area contributed by atoms with Gasteiger partial charge in [0.05, 0.1) is 17.8 Å². The van der Waals surface area contributed by atoms with Gasteiger partial charge in [-0.05, 0) is 12.8 Å². The molecule has 2 N–H and O–H groups in total. The maximum absolute atomic E-state index is 10.8. The van der Waals surface area contributed by atoms with Crippen molar-refractivity contribution in [1.82, 2.24) is 9.78 Å². The molecule has 1 heterocycles. The Morgan fingerprint density at radius 1 is 1.73 bits per heavy atom. The summed E-state index contributed by atoms with van der Waals surface area (Å²) in [5, 5.41) is 12.7. The van der Waals surface area contributed by atoms with Crippen molar-refractivity contribution < 1.29 is 4.79 Å². The van der Waals surface area contributed by atoms with Gasteiger partial charge >= 0.3 is 0 Å². The third-order valence-electron chi connectivity index (χ3n) is 2.83. The molecule has 15 heavy (non-hydrogen) atoms. The van der Waals surface area contributed by atoms with Gasteiger partial charge in [0.25, 0.3) is 5.91 Å². The fraction of sp³-hybridized carbons (Fsp3) is 0.500. The summed E-state index contributed by atoms with van der Waals surface area (Å²) < 4.78 is 1.70. The van der Waals surface area contributed by atoms with Gasteiger partial charge < -0.3 is 5.73 Å². The van der Waals surface area contributed by atoms with Crippen LogP contribution in [0.2, 0.25) is 0 Å². The number of amides is 1. The molecule has 0 bridgehead atoms. The highest BCUT2D eigenvalue weighted by molar-refractivity contribution is 5.92. The number of carbonyl (C=O) groups excluding carboxylic acids is 1. The first kappa shape index (κ1) is 9.71. The van der Waals surface area contributed by atoms with Crippen molar-refractivity contribution in [3.8, 4) is 6.07 Å². The van der Waals surface area contributed by atoms with E-state index in [4.69, 9.17) is 11.0 Å². The lowest BCUT2D eigenvalue weighted by atomic mass is 10.0. The maximum atomic E-state index is 10.8. The van der Waals surface area contributed by atoms with Crippen molar-refractivity contribution in [3.05, 3.63) is 18.0 Å². The number of hydrogen-bond acceptors (Lipinski definition) is 3. The lowest BCUT2D eigenvalue weighted by Gasteiger charge is -2.09. The Hall–Kier alpha value is -1.83. The first-order valence-electron chi connectivity index (χ1n) is 4.84. The van der Waals surface area contributed by atoms with Crippen molar-refractivity contribution in [3.63, 3.8) is 0 Å². The van der Waals surface area contributed by atoms with Crippen LogP contribution >= 0.6 is 0 Å². The van der Waals surface area contributed by atoms with Gasteiger partial charge in [0, 0.05) is 24.6 Å². The Balaban J connectivity index is 2.06. The third kappa shape index (κ3) is 1.99. The minimum atomic E-state index is -0.466. The minimum absolute atomic E-state index is 0.0929. The van der Waals surface area contributed by atoms with E-state index in [2.05, 4.69) is 11.2 Å². The molecule has 1 aromatic rings. The molecule has 5 nitrogen and oxygen atoms in total. The Bertz CT molecular complexity index is 425. The second kappa shape index (κ2) is 3.39. The Kier molecular flexibility index (Phi) is 2.19. The first-order valence-corrected chi connectivity index (χ1v) is 4.84. The lowest BCUT2D eigenvalue weighted by Crippen LogP contribution is -2.12. The monoisotopic (exact) mass is 204 g/mol. The summed E-state index contributed by atoms with van der Waals surface area (Å²) in [6, 6.07) is 2.19. The van der Waals surface area contributed by atoms with Gasteiger partial charge in [-0.1, -0.05) is 0 Å². The topological polar surface area (TPSA) is 84.7 Å². The van der Waals surface area contributed by atoms with E-state index in [1.165, 1.54) is 6.20 Å². The quantitative estimate of drug-likeness (QED) is 0.782. The number of hydrogen-bond donors (Lipinski definition) is 1. The predicted octanol–water partition coefficient (Wildman–Crippen LogP) is 0.676. The highest BCUT2D eigenvalue weighted by Crippen LogP contribution is 2.49. The Morgan fingerprint density at radius 2 is 2.47 bits per heavy atom. The summed E-state index contributed by atoms with van der Waals surface area (Å²) >= 11 is 0. The van der Waals surface area contributed by atoms with Crippen LogP contribution in [-0.4, -0.2) is 15.7 Å². The Labute approximate surface area is 87.5 Å². The van der Waals surface area contributed by atoms with Gasteiger partial charge in [0.2, 0.25) is 0 Å². The number of primary amides is 1. The molecule has 1 aliphatic rings. The molecule has 2 rings (SSSR count). The molecule has 1 saturated carbocycles. The summed E-state index contributed by atoms with van der Waals surface area (Å²) in [5.41, 5.74) is 5.63. The van der Waals surface area contributed by atoms with Gasteiger partial charge in [-0.3, -0.25) is 9.48 Å². The van der Waals surface area contributed by atoms with Crippen LogP contribution in [0.5, 0.6) is 0 Å². The number of carbonyl (C=O) groups is 1. The van der Waals surface area contributed by atoms with Crippen molar-refractivity contribution >= 4 is 5.91 Å². The molecule has 1 amide bonds. The molecule has 1 fully saturated rings. The zero-order valence-corrected chi connectivity index (χ0v) is 8.31. The predicted molar refractivity (Wildman–Crippen MR) is 52.6 cm³/mol. The first-order chi connectivity index (χ1) is 7.15. The van der Waals surface area contributed by atoms with Gasteiger partial charge in [-0.15, -0.1) is 0 Å². The second-order valence-electron chi connectivity index (χ2n) is 4.13. The number of aromatic nitrogens is 2. The van der Waals surface area contributed by atoms with Crippen LogP contribution in [0, 0.1) is 16.7 Å². The van der Waals surface area contributed by atoms with E-state index >= 15 is 0 Å². The molecular formula is C10H12N4O. The highest BCUT2D eigenvalue weighted by Gasteiger charge is 2.42.